The molecule has 1 aliphatic carbocycles. The summed E-state index contributed by atoms with van der Waals surface area (Å²) < 4.78 is 5.24. The average Bonchev–Trinajstić information content (AvgIpc) is 2.46. The van der Waals surface area contributed by atoms with E-state index in [2.05, 4.69) is 19.0 Å². The van der Waals surface area contributed by atoms with Gasteiger partial charge in [0.15, 0.2) is 5.78 Å². The molecule has 0 radical (unpaired) electrons. The number of ether oxygens (including phenoxy) is 1. The number of ketones is 1. The second-order valence-electron chi connectivity index (χ2n) is 6.14. The molecule has 1 aliphatic rings. The van der Waals surface area contributed by atoms with E-state index in [9.17, 15) is 4.79 Å². The molecule has 0 N–H and O–H groups in total. The van der Waals surface area contributed by atoms with E-state index in [1.165, 1.54) is 6.42 Å². The van der Waals surface area contributed by atoms with Crippen molar-refractivity contribution < 1.29 is 9.53 Å². The van der Waals surface area contributed by atoms with Gasteiger partial charge in [0.1, 0.15) is 5.75 Å². The second-order valence-corrected chi connectivity index (χ2v) is 6.14. The molecule has 1 aromatic rings. The van der Waals surface area contributed by atoms with Crippen LogP contribution < -0.4 is 4.74 Å². The summed E-state index contributed by atoms with van der Waals surface area (Å²) in [5.74, 6) is 1.04. The first-order valence-corrected chi connectivity index (χ1v) is 7.41. The summed E-state index contributed by atoms with van der Waals surface area (Å²) in [6.07, 6.45) is 5.57. The monoisotopic (exact) mass is 311 g/mol. The predicted octanol–water partition coefficient (Wildman–Crippen LogP) is 3.81. The van der Waals surface area contributed by atoms with Gasteiger partial charge >= 0.3 is 0 Å². The first-order valence-electron chi connectivity index (χ1n) is 7.41. The Kier molecular flexibility index (Phi) is 6.69. The van der Waals surface area contributed by atoms with Gasteiger partial charge < -0.3 is 9.64 Å². The smallest absolute Gasteiger partial charge is 0.170 e. The van der Waals surface area contributed by atoms with Gasteiger partial charge in [0.25, 0.3) is 0 Å². The van der Waals surface area contributed by atoms with Gasteiger partial charge in [-0.25, -0.2) is 0 Å². The maximum atomic E-state index is 13.0. The highest BCUT2D eigenvalue weighted by Gasteiger charge is 2.40. The lowest BCUT2D eigenvalue weighted by Crippen LogP contribution is -2.42. The van der Waals surface area contributed by atoms with E-state index >= 15 is 0 Å². The van der Waals surface area contributed by atoms with Crippen LogP contribution in [0.2, 0.25) is 0 Å². The second kappa shape index (κ2) is 7.81. The number of halogens is 1. The molecule has 1 fully saturated rings. The Hall–Kier alpha value is -1.06. The molecule has 1 aromatic carbocycles. The molecule has 3 nitrogen and oxygen atoms in total. The Labute approximate surface area is 134 Å². The number of hydrogen-bond acceptors (Lipinski definition) is 3. The van der Waals surface area contributed by atoms with E-state index in [-0.39, 0.29) is 23.6 Å². The van der Waals surface area contributed by atoms with Crippen LogP contribution in [0.25, 0.3) is 0 Å². The van der Waals surface area contributed by atoms with E-state index in [1.54, 1.807) is 7.11 Å². The van der Waals surface area contributed by atoms with E-state index in [1.807, 2.05) is 24.3 Å². The highest BCUT2D eigenvalue weighted by Crippen LogP contribution is 2.40. The standard InChI is InChI=1S/C17H25NO2.ClH/c1-18(2)13-17(10-5-4-6-11-17)16(19)14-8-7-9-15(12-14)20-3;/h7-9,12H,4-6,10-11,13H2,1-3H3;1H. The zero-order chi connectivity index (χ0) is 14.6. The van der Waals surface area contributed by atoms with Crippen LogP contribution in [0, 0.1) is 5.41 Å². The number of benzene rings is 1. The summed E-state index contributed by atoms with van der Waals surface area (Å²) in [5, 5.41) is 0. The molecule has 0 saturated heterocycles. The van der Waals surface area contributed by atoms with Crippen molar-refractivity contribution in [1.82, 2.24) is 4.90 Å². The van der Waals surface area contributed by atoms with Crippen LogP contribution in [0.5, 0.6) is 5.75 Å². The SMILES string of the molecule is COc1cccc(C(=O)C2(CN(C)C)CCCCC2)c1.Cl. The number of nitrogens with zero attached hydrogens (tertiary/aromatic N) is 1. The van der Waals surface area contributed by atoms with Crippen molar-refractivity contribution in [1.29, 1.82) is 0 Å². The minimum atomic E-state index is -0.214. The van der Waals surface area contributed by atoms with Crippen LogP contribution in [0.15, 0.2) is 24.3 Å². The van der Waals surface area contributed by atoms with Crippen LogP contribution in [0.1, 0.15) is 42.5 Å². The van der Waals surface area contributed by atoms with E-state index < -0.39 is 0 Å². The lowest BCUT2D eigenvalue weighted by atomic mass is 9.69. The summed E-state index contributed by atoms with van der Waals surface area (Å²) in [6.45, 7) is 0.836. The van der Waals surface area contributed by atoms with Gasteiger partial charge in [-0.2, -0.15) is 0 Å². The number of Topliss-reactive ketones (excluding diaryl/α,β-unsaturated/α-hetero) is 1. The number of hydrogen-bond donors (Lipinski definition) is 0. The number of carbonyl (C=O) groups excluding carboxylic acids is 1. The molecule has 0 amide bonds. The summed E-state index contributed by atoms with van der Waals surface area (Å²) in [7, 11) is 5.74. The fourth-order valence-electron chi connectivity index (χ4n) is 3.36. The van der Waals surface area contributed by atoms with Crippen molar-refractivity contribution in [3.05, 3.63) is 29.8 Å². The van der Waals surface area contributed by atoms with Gasteiger partial charge in [-0.15, -0.1) is 12.4 Å². The summed E-state index contributed by atoms with van der Waals surface area (Å²) in [5.41, 5.74) is 0.571. The first-order chi connectivity index (χ1) is 9.57. The highest BCUT2D eigenvalue weighted by molar-refractivity contribution is 6.01. The Morgan fingerprint density at radius 3 is 2.48 bits per heavy atom. The molecule has 21 heavy (non-hydrogen) atoms. The van der Waals surface area contributed by atoms with Gasteiger partial charge in [-0.05, 0) is 39.1 Å². The fourth-order valence-corrected chi connectivity index (χ4v) is 3.36. The van der Waals surface area contributed by atoms with Crippen LogP contribution >= 0.6 is 12.4 Å². The topological polar surface area (TPSA) is 29.5 Å². The molecular formula is C17H26ClNO2. The maximum Gasteiger partial charge on any atom is 0.170 e. The van der Waals surface area contributed by atoms with Crippen molar-refractivity contribution in [2.45, 2.75) is 32.1 Å². The molecule has 0 unspecified atom stereocenters. The predicted molar refractivity (Wildman–Crippen MR) is 88.6 cm³/mol. The largest absolute Gasteiger partial charge is 0.497 e. The van der Waals surface area contributed by atoms with E-state index in [4.69, 9.17) is 4.74 Å². The zero-order valence-electron chi connectivity index (χ0n) is 13.2. The summed E-state index contributed by atoms with van der Waals surface area (Å²) >= 11 is 0. The van der Waals surface area contributed by atoms with E-state index in [0.717, 1.165) is 43.5 Å². The quantitative estimate of drug-likeness (QED) is 0.774. The minimum absolute atomic E-state index is 0. The van der Waals surface area contributed by atoms with Crippen molar-refractivity contribution in [3.8, 4) is 5.75 Å². The Balaban J connectivity index is 0.00000220. The van der Waals surface area contributed by atoms with Crippen LogP contribution in [-0.2, 0) is 0 Å². The Morgan fingerprint density at radius 2 is 1.90 bits per heavy atom. The van der Waals surface area contributed by atoms with Crippen molar-refractivity contribution in [2.75, 3.05) is 27.7 Å². The average molecular weight is 312 g/mol. The molecule has 2 rings (SSSR count). The molecule has 4 heteroatoms. The van der Waals surface area contributed by atoms with Crippen molar-refractivity contribution in [3.63, 3.8) is 0 Å². The Morgan fingerprint density at radius 1 is 1.24 bits per heavy atom. The maximum absolute atomic E-state index is 13.0. The normalized spacial score (nSPS) is 17.1. The van der Waals surface area contributed by atoms with Crippen molar-refractivity contribution in [2.24, 2.45) is 5.41 Å². The van der Waals surface area contributed by atoms with Crippen LogP contribution in [-0.4, -0.2) is 38.4 Å². The van der Waals surface area contributed by atoms with Crippen LogP contribution in [0.4, 0.5) is 0 Å². The Bertz CT molecular complexity index is 468. The molecular weight excluding hydrogens is 286 g/mol. The lowest BCUT2D eigenvalue weighted by molar-refractivity contribution is 0.0638. The lowest BCUT2D eigenvalue weighted by Gasteiger charge is -2.38. The fraction of sp³-hybridized carbons (Fsp3) is 0.588. The molecule has 0 aromatic heterocycles. The van der Waals surface area contributed by atoms with Crippen molar-refractivity contribution >= 4 is 18.2 Å². The number of carbonyl (C=O) groups is 1. The van der Waals surface area contributed by atoms with E-state index in [0.29, 0.717) is 0 Å². The summed E-state index contributed by atoms with van der Waals surface area (Å²) in [4.78, 5) is 15.2. The van der Waals surface area contributed by atoms with Gasteiger partial charge in [0.05, 0.1) is 7.11 Å². The van der Waals surface area contributed by atoms with Gasteiger partial charge in [-0.3, -0.25) is 4.79 Å². The third kappa shape index (κ3) is 4.21. The third-order valence-electron chi connectivity index (χ3n) is 4.24. The zero-order valence-corrected chi connectivity index (χ0v) is 14.0. The molecule has 0 bridgehead atoms. The molecule has 118 valence electrons. The molecule has 1 saturated carbocycles. The van der Waals surface area contributed by atoms with Gasteiger partial charge in [0.2, 0.25) is 0 Å². The molecule has 0 heterocycles. The van der Waals surface area contributed by atoms with Gasteiger partial charge in [-0.1, -0.05) is 31.4 Å². The van der Waals surface area contributed by atoms with Crippen LogP contribution in [0.3, 0.4) is 0 Å². The minimum Gasteiger partial charge on any atom is -0.497 e. The summed E-state index contributed by atoms with van der Waals surface area (Å²) in [6, 6.07) is 7.57. The third-order valence-corrected chi connectivity index (χ3v) is 4.24. The number of methoxy groups -OCH3 is 1. The molecule has 0 atom stereocenters. The first kappa shape index (κ1) is 18.0. The number of rotatable bonds is 5. The molecule has 0 aliphatic heterocycles. The highest BCUT2D eigenvalue weighted by atomic mass is 35.5. The molecule has 0 spiro atoms. The van der Waals surface area contributed by atoms with Gasteiger partial charge in [0, 0.05) is 17.5 Å².